The number of benzene rings is 1. The van der Waals surface area contributed by atoms with Gasteiger partial charge in [0.25, 0.3) is 0 Å². The van der Waals surface area contributed by atoms with Crippen molar-refractivity contribution in [3.63, 3.8) is 0 Å². The Morgan fingerprint density at radius 2 is 2.06 bits per heavy atom. The Morgan fingerprint density at radius 3 is 2.72 bits per heavy atom. The molecule has 1 heterocycles. The van der Waals surface area contributed by atoms with Crippen LogP contribution in [0.3, 0.4) is 0 Å². The first-order valence-corrected chi connectivity index (χ1v) is 6.33. The van der Waals surface area contributed by atoms with E-state index in [1.165, 1.54) is 12.4 Å². The van der Waals surface area contributed by atoms with Crippen LogP contribution < -0.4 is 10.5 Å². The van der Waals surface area contributed by atoms with Crippen LogP contribution in [0, 0.1) is 6.92 Å². The molecule has 0 saturated heterocycles. The van der Waals surface area contributed by atoms with Gasteiger partial charge in [-0.25, -0.2) is 9.97 Å². The van der Waals surface area contributed by atoms with E-state index < -0.39 is 0 Å². The van der Waals surface area contributed by atoms with Crippen molar-refractivity contribution in [2.45, 2.75) is 6.92 Å². The third-order valence-corrected chi connectivity index (χ3v) is 2.93. The van der Waals surface area contributed by atoms with Crippen molar-refractivity contribution in [1.82, 2.24) is 9.97 Å². The standard InChI is InChI=1S/C12H10BrN3OS/c1-7-6-8(13)2-3-9(7)17-12-10(11(14)18)15-4-5-16-12/h2-6H,1H3,(H2,14,18). The minimum atomic E-state index is 0.160. The summed E-state index contributed by atoms with van der Waals surface area (Å²) in [6, 6.07) is 5.68. The molecule has 6 heteroatoms. The lowest BCUT2D eigenvalue weighted by Crippen LogP contribution is -2.13. The van der Waals surface area contributed by atoms with Gasteiger partial charge in [-0.2, -0.15) is 0 Å². The van der Waals surface area contributed by atoms with Crippen LogP contribution in [0.15, 0.2) is 35.1 Å². The fourth-order valence-corrected chi connectivity index (χ4v) is 2.02. The van der Waals surface area contributed by atoms with Gasteiger partial charge in [0.1, 0.15) is 10.7 Å². The first-order chi connectivity index (χ1) is 8.58. The first-order valence-electron chi connectivity index (χ1n) is 5.13. The number of thiocarbonyl (C=S) groups is 1. The Morgan fingerprint density at radius 1 is 1.33 bits per heavy atom. The number of halogens is 1. The third-order valence-electron chi connectivity index (χ3n) is 2.24. The molecular weight excluding hydrogens is 314 g/mol. The summed E-state index contributed by atoms with van der Waals surface area (Å²) in [7, 11) is 0. The van der Waals surface area contributed by atoms with Gasteiger partial charge in [0.2, 0.25) is 5.88 Å². The molecule has 2 aromatic rings. The predicted octanol–water partition coefficient (Wildman–Crippen LogP) is 2.97. The summed E-state index contributed by atoms with van der Waals surface area (Å²) in [5.74, 6) is 1.01. The van der Waals surface area contributed by atoms with E-state index >= 15 is 0 Å². The lowest BCUT2D eigenvalue weighted by Gasteiger charge is -2.10. The van der Waals surface area contributed by atoms with Crippen LogP contribution in [0.25, 0.3) is 0 Å². The Kier molecular flexibility index (Phi) is 3.88. The van der Waals surface area contributed by atoms with Crippen molar-refractivity contribution < 1.29 is 4.74 Å². The normalized spacial score (nSPS) is 10.1. The second-order valence-electron chi connectivity index (χ2n) is 3.59. The highest BCUT2D eigenvalue weighted by Crippen LogP contribution is 2.27. The zero-order chi connectivity index (χ0) is 13.1. The molecule has 92 valence electrons. The zero-order valence-electron chi connectivity index (χ0n) is 9.55. The SMILES string of the molecule is Cc1cc(Br)ccc1Oc1nccnc1C(N)=S. The molecule has 0 aliphatic heterocycles. The van der Waals surface area contributed by atoms with E-state index in [2.05, 4.69) is 25.9 Å². The molecule has 0 fully saturated rings. The van der Waals surface area contributed by atoms with Gasteiger partial charge in [-0.3, -0.25) is 0 Å². The fraction of sp³-hybridized carbons (Fsp3) is 0.0833. The lowest BCUT2D eigenvalue weighted by atomic mass is 10.2. The van der Waals surface area contributed by atoms with Gasteiger partial charge in [0.15, 0.2) is 5.69 Å². The molecule has 2 rings (SSSR count). The van der Waals surface area contributed by atoms with E-state index in [1.807, 2.05) is 25.1 Å². The maximum Gasteiger partial charge on any atom is 0.248 e. The van der Waals surface area contributed by atoms with E-state index in [0.717, 1.165) is 10.0 Å². The second-order valence-corrected chi connectivity index (χ2v) is 4.94. The number of nitrogens with zero attached hydrogens (tertiary/aromatic N) is 2. The molecule has 4 nitrogen and oxygen atoms in total. The molecule has 0 radical (unpaired) electrons. The van der Waals surface area contributed by atoms with Gasteiger partial charge in [0, 0.05) is 16.9 Å². The number of aromatic nitrogens is 2. The average molecular weight is 324 g/mol. The van der Waals surface area contributed by atoms with Gasteiger partial charge in [0.05, 0.1) is 0 Å². The van der Waals surface area contributed by atoms with Crippen molar-refractivity contribution in [3.05, 3.63) is 46.3 Å². The smallest absolute Gasteiger partial charge is 0.248 e. The van der Waals surface area contributed by atoms with Gasteiger partial charge in [-0.15, -0.1) is 0 Å². The van der Waals surface area contributed by atoms with Crippen LogP contribution in [0.2, 0.25) is 0 Å². The third kappa shape index (κ3) is 2.83. The number of ether oxygens (including phenoxy) is 1. The molecule has 2 N–H and O–H groups in total. The van der Waals surface area contributed by atoms with Crippen LogP contribution in [0.4, 0.5) is 0 Å². The van der Waals surface area contributed by atoms with Crippen LogP contribution in [-0.2, 0) is 0 Å². The molecule has 0 saturated carbocycles. The Labute approximate surface area is 118 Å². The highest BCUT2D eigenvalue weighted by molar-refractivity contribution is 9.10. The molecule has 0 spiro atoms. The number of aryl methyl sites for hydroxylation is 1. The molecular formula is C12H10BrN3OS. The van der Waals surface area contributed by atoms with Crippen molar-refractivity contribution in [3.8, 4) is 11.6 Å². The topological polar surface area (TPSA) is 61.0 Å². The van der Waals surface area contributed by atoms with Gasteiger partial charge in [-0.1, -0.05) is 28.1 Å². The number of hydrogen-bond donors (Lipinski definition) is 1. The molecule has 1 aromatic carbocycles. The van der Waals surface area contributed by atoms with Crippen molar-refractivity contribution in [2.75, 3.05) is 0 Å². The highest BCUT2D eigenvalue weighted by Gasteiger charge is 2.11. The minimum absolute atomic E-state index is 0.160. The number of nitrogens with two attached hydrogens (primary N) is 1. The van der Waals surface area contributed by atoms with E-state index in [4.69, 9.17) is 22.7 Å². The molecule has 18 heavy (non-hydrogen) atoms. The summed E-state index contributed by atoms with van der Waals surface area (Å²) in [5.41, 5.74) is 6.93. The highest BCUT2D eigenvalue weighted by atomic mass is 79.9. The maximum atomic E-state index is 5.69. The Hall–Kier alpha value is -1.53. The second kappa shape index (κ2) is 5.41. The largest absolute Gasteiger partial charge is 0.437 e. The monoisotopic (exact) mass is 323 g/mol. The molecule has 0 bridgehead atoms. The van der Waals surface area contributed by atoms with E-state index in [9.17, 15) is 0 Å². The number of rotatable bonds is 3. The first kappa shape index (κ1) is 12.9. The summed E-state index contributed by atoms with van der Waals surface area (Å²) in [5, 5.41) is 0. The Bertz CT molecular complexity index is 604. The summed E-state index contributed by atoms with van der Waals surface area (Å²) in [6.07, 6.45) is 3.06. The number of hydrogen-bond acceptors (Lipinski definition) is 4. The van der Waals surface area contributed by atoms with Crippen LogP contribution in [0.1, 0.15) is 11.3 Å². The van der Waals surface area contributed by atoms with E-state index in [0.29, 0.717) is 17.3 Å². The summed E-state index contributed by atoms with van der Waals surface area (Å²) in [4.78, 5) is 8.31. The molecule has 0 atom stereocenters. The van der Waals surface area contributed by atoms with Crippen LogP contribution >= 0.6 is 28.1 Å². The lowest BCUT2D eigenvalue weighted by molar-refractivity contribution is 0.455. The van der Waals surface area contributed by atoms with Crippen molar-refractivity contribution in [1.29, 1.82) is 0 Å². The van der Waals surface area contributed by atoms with Crippen molar-refractivity contribution >= 4 is 33.1 Å². The van der Waals surface area contributed by atoms with E-state index in [-0.39, 0.29) is 4.99 Å². The summed E-state index contributed by atoms with van der Waals surface area (Å²) >= 11 is 8.30. The average Bonchev–Trinajstić information content (AvgIpc) is 2.33. The van der Waals surface area contributed by atoms with Gasteiger partial charge >= 0.3 is 0 Å². The van der Waals surface area contributed by atoms with Gasteiger partial charge < -0.3 is 10.5 Å². The Balaban J connectivity index is 2.37. The van der Waals surface area contributed by atoms with Gasteiger partial charge in [-0.05, 0) is 30.7 Å². The molecule has 0 aliphatic carbocycles. The summed E-state index contributed by atoms with van der Waals surface area (Å²) < 4.78 is 6.68. The van der Waals surface area contributed by atoms with E-state index in [1.54, 1.807) is 0 Å². The molecule has 0 unspecified atom stereocenters. The zero-order valence-corrected chi connectivity index (χ0v) is 12.0. The maximum absolute atomic E-state index is 5.69. The molecule has 0 aliphatic rings. The quantitative estimate of drug-likeness (QED) is 0.880. The molecule has 1 aromatic heterocycles. The predicted molar refractivity (Wildman–Crippen MR) is 76.9 cm³/mol. The van der Waals surface area contributed by atoms with Crippen molar-refractivity contribution in [2.24, 2.45) is 5.73 Å². The fourth-order valence-electron chi connectivity index (χ4n) is 1.40. The van der Waals surface area contributed by atoms with Crippen LogP contribution in [-0.4, -0.2) is 15.0 Å². The minimum Gasteiger partial charge on any atom is -0.437 e. The summed E-state index contributed by atoms with van der Waals surface area (Å²) in [6.45, 7) is 1.94. The van der Waals surface area contributed by atoms with Crippen LogP contribution in [0.5, 0.6) is 11.6 Å². The molecule has 0 amide bonds.